The van der Waals surface area contributed by atoms with Gasteiger partial charge in [-0.1, -0.05) is 24.6 Å². The summed E-state index contributed by atoms with van der Waals surface area (Å²) in [6, 6.07) is 3.43. The lowest BCUT2D eigenvalue weighted by molar-refractivity contribution is -0.115. The molecule has 0 radical (unpaired) electrons. The Balaban J connectivity index is 1.75. The fourth-order valence-electron chi connectivity index (χ4n) is 3.31. The Kier molecular flexibility index (Phi) is 5.65. The summed E-state index contributed by atoms with van der Waals surface area (Å²) in [4.78, 5) is 17.1. The molecule has 2 aromatic rings. The number of hydrogen-bond donors (Lipinski definition) is 1. The lowest BCUT2D eigenvalue weighted by Crippen LogP contribution is -2.24. The van der Waals surface area contributed by atoms with Gasteiger partial charge in [-0.2, -0.15) is 0 Å². The summed E-state index contributed by atoms with van der Waals surface area (Å²) in [6.45, 7) is 5.77. The minimum absolute atomic E-state index is 0.144. The lowest BCUT2D eigenvalue weighted by atomic mass is 10.2. The van der Waals surface area contributed by atoms with Crippen molar-refractivity contribution >= 4 is 23.4 Å². The molecule has 1 aromatic carbocycles. The van der Waals surface area contributed by atoms with E-state index < -0.39 is 16.9 Å². The number of aryl methyl sites for hydroxylation is 1. The summed E-state index contributed by atoms with van der Waals surface area (Å²) in [5.41, 5.74) is 1.94. The highest BCUT2D eigenvalue weighted by atomic mass is 32.2. The van der Waals surface area contributed by atoms with Crippen molar-refractivity contribution in [1.29, 1.82) is 0 Å². The molecule has 7 heteroatoms. The largest absolute Gasteiger partial charge is 0.323 e. The second-order valence-corrected chi connectivity index (χ2v) is 8.05. The number of rotatable bonds is 5. The number of nitrogens with zero attached hydrogens (tertiary/aromatic N) is 2. The summed E-state index contributed by atoms with van der Waals surface area (Å²) in [6.07, 6.45) is 4.67. The molecule has 26 heavy (non-hydrogen) atoms. The molecule has 1 N–H and O–H groups in total. The number of thioether (sulfide) groups is 1. The average Bonchev–Trinajstić information content (AvgIpc) is 3.20. The number of hydrogen-bond acceptors (Lipinski definition) is 3. The second-order valence-electron chi connectivity index (χ2n) is 6.75. The highest BCUT2D eigenvalue weighted by Gasteiger charge is 2.26. The van der Waals surface area contributed by atoms with E-state index in [1.54, 1.807) is 6.92 Å². The van der Waals surface area contributed by atoms with Gasteiger partial charge in [0.05, 0.1) is 16.6 Å². The van der Waals surface area contributed by atoms with Crippen molar-refractivity contribution in [3.63, 3.8) is 0 Å². The molecule has 4 nitrogen and oxygen atoms in total. The SMILES string of the molecule is Cc1nc(SC(C)C(=O)Nc2cc(F)ccc2F)n(C2CCCC2)c1C. The van der Waals surface area contributed by atoms with E-state index in [0.717, 1.165) is 47.6 Å². The monoisotopic (exact) mass is 379 g/mol. The van der Waals surface area contributed by atoms with Gasteiger partial charge in [0.15, 0.2) is 5.16 Å². The van der Waals surface area contributed by atoms with Crippen molar-refractivity contribution in [1.82, 2.24) is 9.55 Å². The first-order valence-electron chi connectivity index (χ1n) is 8.85. The zero-order valence-corrected chi connectivity index (χ0v) is 16.0. The van der Waals surface area contributed by atoms with Crippen LogP contribution >= 0.6 is 11.8 Å². The number of benzene rings is 1. The molecular formula is C19H23F2N3OS. The average molecular weight is 379 g/mol. The number of amides is 1. The Morgan fingerprint density at radius 3 is 2.69 bits per heavy atom. The van der Waals surface area contributed by atoms with E-state index >= 15 is 0 Å². The van der Waals surface area contributed by atoms with Crippen LogP contribution in [0.4, 0.5) is 14.5 Å². The van der Waals surface area contributed by atoms with Gasteiger partial charge in [0.25, 0.3) is 0 Å². The van der Waals surface area contributed by atoms with Crippen LogP contribution < -0.4 is 5.32 Å². The summed E-state index contributed by atoms with van der Waals surface area (Å²) < 4.78 is 29.3. The van der Waals surface area contributed by atoms with E-state index in [4.69, 9.17) is 0 Å². The third-order valence-electron chi connectivity index (χ3n) is 4.88. The van der Waals surface area contributed by atoms with Crippen molar-refractivity contribution in [3.05, 3.63) is 41.2 Å². The summed E-state index contributed by atoms with van der Waals surface area (Å²) in [7, 11) is 0. The molecule has 1 aliphatic rings. The fourth-order valence-corrected chi connectivity index (χ4v) is 4.38. The number of anilines is 1. The van der Waals surface area contributed by atoms with Gasteiger partial charge in [-0.25, -0.2) is 13.8 Å². The summed E-state index contributed by atoms with van der Waals surface area (Å²) in [5, 5.41) is 2.80. The first-order valence-corrected chi connectivity index (χ1v) is 9.72. The van der Waals surface area contributed by atoms with Gasteiger partial charge in [-0.05, 0) is 45.7 Å². The molecule has 1 atom stereocenters. The minimum atomic E-state index is -0.656. The zero-order chi connectivity index (χ0) is 18.8. The van der Waals surface area contributed by atoms with Gasteiger partial charge < -0.3 is 9.88 Å². The first-order chi connectivity index (χ1) is 12.4. The van der Waals surface area contributed by atoms with Crippen molar-refractivity contribution in [3.8, 4) is 0 Å². The van der Waals surface area contributed by atoms with Crippen molar-refractivity contribution in [2.75, 3.05) is 5.32 Å². The fraction of sp³-hybridized carbons (Fsp3) is 0.474. The Bertz CT molecular complexity index is 815. The lowest BCUT2D eigenvalue weighted by Gasteiger charge is -2.18. The Morgan fingerprint density at radius 1 is 1.31 bits per heavy atom. The van der Waals surface area contributed by atoms with Gasteiger partial charge >= 0.3 is 0 Å². The number of carbonyl (C=O) groups excluding carboxylic acids is 1. The molecule has 3 rings (SSSR count). The number of aromatic nitrogens is 2. The zero-order valence-electron chi connectivity index (χ0n) is 15.2. The molecule has 0 spiro atoms. The predicted octanol–water partition coefficient (Wildman–Crippen LogP) is 5.01. The maximum Gasteiger partial charge on any atom is 0.237 e. The van der Waals surface area contributed by atoms with E-state index in [0.29, 0.717) is 6.04 Å². The van der Waals surface area contributed by atoms with E-state index in [9.17, 15) is 13.6 Å². The van der Waals surface area contributed by atoms with Gasteiger partial charge in [-0.3, -0.25) is 4.79 Å². The molecule has 0 saturated heterocycles. The second kappa shape index (κ2) is 7.78. The van der Waals surface area contributed by atoms with Crippen LogP contribution in [-0.4, -0.2) is 20.7 Å². The third kappa shape index (κ3) is 3.92. The number of nitrogens with one attached hydrogen (secondary N) is 1. The Labute approximate surface area is 156 Å². The minimum Gasteiger partial charge on any atom is -0.323 e. The molecule has 0 aliphatic heterocycles. The molecule has 0 bridgehead atoms. The van der Waals surface area contributed by atoms with Gasteiger partial charge in [0.1, 0.15) is 11.6 Å². The van der Waals surface area contributed by atoms with Crippen LogP contribution in [0.2, 0.25) is 0 Å². The third-order valence-corrected chi connectivity index (χ3v) is 5.95. The smallest absolute Gasteiger partial charge is 0.237 e. The quantitative estimate of drug-likeness (QED) is 0.743. The highest BCUT2D eigenvalue weighted by Crippen LogP contribution is 2.36. The van der Waals surface area contributed by atoms with Crippen LogP contribution in [0.25, 0.3) is 0 Å². The number of halogens is 2. The van der Waals surface area contributed by atoms with Crippen LogP contribution in [-0.2, 0) is 4.79 Å². The van der Waals surface area contributed by atoms with Crippen LogP contribution in [0.5, 0.6) is 0 Å². The topological polar surface area (TPSA) is 46.9 Å². The van der Waals surface area contributed by atoms with E-state index in [1.165, 1.54) is 24.6 Å². The van der Waals surface area contributed by atoms with Crippen LogP contribution in [0, 0.1) is 25.5 Å². The first kappa shape index (κ1) is 18.9. The summed E-state index contributed by atoms with van der Waals surface area (Å²) >= 11 is 1.35. The molecule has 1 amide bonds. The Hall–Kier alpha value is -1.89. The van der Waals surface area contributed by atoms with Gasteiger partial charge in [-0.15, -0.1) is 0 Å². The van der Waals surface area contributed by atoms with Crippen molar-refractivity contribution in [2.24, 2.45) is 0 Å². The van der Waals surface area contributed by atoms with Crippen molar-refractivity contribution in [2.45, 2.75) is 62.9 Å². The standard InChI is InChI=1S/C19H23F2N3OS/c1-11-12(2)24(15-6-4-5-7-15)19(22-11)26-13(3)18(25)23-17-10-14(20)8-9-16(17)21/h8-10,13,15H,4-7H2,1-3H3,(H,23,25). The molecule has 1 aliphatic carbocycles. The molecule has 140 valence electrons. The van der Waals surface area contributed by atoms with Crippen LogP contribution in [0.15, 0.2) is 23.4 Å². The maximum atomic E-state index is 13.7. The van der Waals surface area contributed by atoms with Crippen molar-refractivity contribution < 1.29 is 13.6 Å². The van der Waals surface area contributed by atoms with Crippen LogP contribution in [0.1, 0.15) is 50.0 Å². The molecule has 1 heterocycles. The Morgan fingerprint density at radius 2 is 2.00 bits per heavy atom. The van der Waals surface area contributed by atoms with E-state index in [2.05, 4.69) is 21.8 Å². The normalized spacial score (nSPS) is 16.0. The van der Waals surface area contributed by atoms with E-state index in [-0.39, 0.29) is 11.6 Å². The summed E-state index contributed by atoms with van der Waals surface area (Å²) in [5.74, 6) is -1.63. The maximum absolute atomic E-state index is 13.7. The number of imidazole rings is 1. The molecule has 1 unspecified atom stereocenters. The van der Waals surface area contributed by atoms with E-state index in [1.807, 2.05) is 6.92 Å². The predicted molar refractivity (Wildman–Crippen MR) is 99.5 cm³/mol. The van der Waals surface area contributed by atoms with Crippen LogP contribution in [0.3, 0.4) is 0 Å². The molecule has 1 saturated carbocycles. The number of carbonyl (C=O) groups is 1. The molecular weight excluding hydrogens is 356 g/mol. The highest BCUT2D eigenvalue weighted by molar-refractivity contribution is 8.00. The molecule has 1 fully saturated rings. The molecule has 1 aromatic heterocycles. The van der Waals surface area contributed by atoms with Gasteiger partial charge in [0.2, 0.25) is 5.91 Å². The van der Waals surface area contributed by atoms with Gasteiger partial charge in [0, 0.05) is 17.8 Å².